The van der Waals surface area contributed by atoms with E-state index < -0.39 is 0 Å². The second-order valence-corrected chi connectivity index (χ2v) is 7.02. The van der Waals surface area contributed by atoms with Gasteiger partial charge in [0.2, 0.25) is 0 Å². The van der Waals surface area contributed by atoms with Crippen LogP contribution in [0.5, 0.6) is 0 Å². The van der Waals surface area contributed by atoms with Crippen molar-refractivity contribution in [3.8, 4) is 0 Å². The van der Waals surface area contributed by atoms with Gasteiger partial charge in [0, 0.05) is 29.3 Å². The van der Waals surface area contributed by atoms with E-state index in [2.05, 4.69) is 22.2 Å². The predicted octanol–water partition coefficient (Wildman–Crippen LogP) is 4.72. The molecule has 1 aromatic carbocycles. The molecule has 2 heterocycles. The van der Waals surface area contributed by atoms with Gasteiger partial charge < -0.3 is 15.2 Å². The molecule has 1 atom stereocenters. The Bertz CT molecular complexity index is 867. The lowest BCUT2D eigenvalue weighted by molar-refractivity contribution is 0.209. The Morgan fingerprint density at radius 2 is 2.21 bits per heavy atom. The van der Waals surface area contributed by atoms with Crippen molar-refractivity contribution >= 4 is 34.0 Å². The Morgan fingerprint density at radius 1 is 1.42 bits per heavy atom. The zero-order valence-corrected chi connectivity index (χ0v) is 15.2. The zero-order chi connectivity index (χ0) is 17.3. The molecule has 126 valence electrons. The summed E-state index contributed by atoms with van der Waals surface area (Å²) in [5.74, 6) is 0. The zero-order valence-electron chi connectivity index (χ0n) is 14.4. The van der Waals surface area contributed by atoms with E-state index in [0.29, 0.717) is 0 Å². The van der Waals surface area contributed by atoms with Gasteiger partial charge in [-0.1, -0.05) is 13.0 Å². The average Bonchev–Trinajstić information content (AvgIpc) is 3.19. The van der Waals surface area contributed by atoms with Crippen LogP contribution in [-0.4, -0.2) is 27.9 Å². The van der Waals surface area contributed by atoms with Crippen molar-refractivity contribution in [3.63, 3.8) is 0 Å². The van der Waals surface area contributed by atoms with Crippen molar-refractivity contribution in [3.05, 3.63) is 46.0 Å². The van der Waals surface area contributed by atoms with E-state index in [-0.39, 0.29) is 12.1 Å². The predicted molar refractivity (Wildman–Crippen MR) is 99.7 cm³/mol. The van der Waals surface area contributed by atoms with Crippen molar-refractivity contribution in [1.29, 1.82) is 0 Å². The molecule has 5 nitrogen and oxygen atoms in total. The van der Waals surface area contributed by atoms with E-state index in [9.17, 15) is 4.79 Å². The highest BCUT2D eigenvalue weighted by Gasteiger charge is 2.22. The molecule has 0 aliphatic carbocycles. The molecule has 3 rings (SSSR count). The second-order valence-electron chi connectivity index (χ2n) is 5.91. The second kappa shape index (κ2) is 6.65. The van der Waals surface area contributed by atoms with Crippen LogP contribution in [0.15, 0.2) is 30.5 Å². The first kappa shape index (κ1) is 16.5. The molecule has 0 saturated carbocycles. The lowest BCUT2D eigenvalue weighted by atomic mass is 10.2. The van der Waals surface area contributed by atoms with Gasteiger partial charge in [-0.05, 0) is 43.9 Å². The molecule has 3 aromatic rings. The van der Waals surface area contributed by atoms with Crippen LogP contribution in [0, 0.1) is 6.92 Å². The summed E-state index contributed by atoms with van der Waals surface area (Å²) in [6.45, 7) is 6.14. The van der Waals surface area contributed by atoms with Gasteiger partial charge in [-0.2, -0.15) is 0 Å². The summed E-state index contributed by atoms with van der Waals surface area (Å²) in [5.41, 5.74) is 2.80. The molecule has 0 aliphatic heterocycles. The summed E-state index contributed by atoms with van der Waals surface area (Å²) in [5, 5.41) is 5.20. The van der Waals surface area contributed by atoms with Crippen LogP contribution in [0.3, 0.4) is 0 Å². The Kier molecular flexibility index (Phi) is 4.57. The number of amides is 2. The molecular weight excluding hydrogens is 320 g/mol. The van der Waals surface area contributed by atoms with Crippen molar-refractivity contribution in [1.82, 2.24) is 14.9 Å². The van der Waals surface area contributed by atoms with E-state index in [1.165, 1.54) is 0 Å². The molecule has 2 aromatic heterocycles. The van der Waals surface area contributed by atoms with E-state index in [4.69, 9.17) is 0 Å². The smallest absolute Gasteiger partial charge is 0.322 e. The number of aryl methyl sites for hydroxylation is 2. The molecule has 0 fully saturated rings. The normalized spacial score (nSPS) is 12.3. The quantitative estimate of drug-likeness (QED) is 0.720. The van der Waals surface area contributed by atoms with Crippen LogP contribution in [0.2, 0.25) is 0 Å². The van der Waals surface area contributed by atoms with E-state index in [1.54, 1.807) is 16.2 Å². The van der Waals surface area contributed by atoms with Crippen LogP contribution >= 0.6 is 11.3 Å². The van der Waals surface area contributed by atoms with Crippen molar-refractivity contribution < 1.29 is 4.79 Å². The van der Waals surface area contributed by atoms with Gasteiger partial charge in [0.1, 0.15) is 0 Å². The largest absolute Gasteiger partial charge is 0.361 e. The number of thiazole rings is 1. The SMILES string of the molecule is CCc1nc(C)c(C(C)N(C)C(=O)Nc2ccc3cc[nH]c3c2)s1. The fourth-order valence-electron chi connectivity index (χ4n) is 2.69. The molecule has 6 heteroatoms. The molecular formula is C18H22N4OS. The minimum atomic E-state index is -0.126. The number of rotatable bonds is 4. The van der Waals surface area contributed by atoms with Crippen LogP contribution in [0.25, 0.3) is 10.9 Å². The Morgan fingerprint density at radius 3 is 2.92 bits per heavy atom. The van der Waals surface area contributed by atoms with Gasteiger partial charge in [0.05, 0.1) is 16.7 Å². The maximum Gasteiger partial charge on any atom is 0.322 e. The number of urea groups is 1. The topological polar surface area (TPSA) is 61.0 Å². The standard InChI is InChI=1S/C18H22N4OS/c1-5-16-20-11(2)17(24-16)12(3)22(4)18(23)21-14-7-6-13-8-9-19-15(13)10-14/h6-10,12,19H,5H2,1-4H3,(H,21,23). The van der Waals surface area contributed by atoms with Gasteiger partial charge in [-0.3, -0.25) is 0 Å². The number of nitrogens with one attached hydrogen (secondary N) is 2. The van der Waals surface area contributed by atoms with E-state index in [1.807, 2.05) is 51.4 Å². The monoisotopic (exact) mass is 342 g/mol. The van der Waals surface area contributed by atoms with Crippen LogP contribution in [0.1, 0.15) is 35.5 Å². The van der Waals surface area contributed by atoms with Crippen molar-refractivity contribution in [2.24, 2.45) is 0 Å². The van der Waals surface area contributed by atoms with E-state index >= 15 is 0 Å². The van der Waals surface area contributed by atoms with Gasteiger partial charge in [-0.15, -0.1) is 11.3 Å². The fourth-order valence-corrected chi connectivity index (χ4v) is 3.80. The molecule has 0 bridgehead atoms. The molecule has 0 saturated heterocycles. The third kappa shape index (κ3) is 3.14. The fraction of sp³-hybridized carbons (Fsp3) is 0.333. The number of benzene rings is 1. The number of aromatic nitrogens is 2. The maximum atomic E-state index is 12.6. The summed E-state index contributed by atoms with van der Waals surface area (Å²) in [4.78, 5) is 23.2. The highest BCUT2D eigenvalue weighted by molar-refractivity contribution is 7.11. The minimum Gasteiger partial charge on any atom is -0.361 e. The Balaban J connectivity index is 1.74. The van der Waals surface area contributed by atoms with Gasteiger partial charge in [0.25, 0.3) is 0 Å². The first-order valence-electron chi connectivity index (χ1n) is 8.06. The van der Waals surface area contributed by atoms with Gasteiger partial charge in [0.15, 0.2) is 0 Å². The first-order valence-corrected chi connectivity index (χ1v) is 8.88. The number of aromatic amines is 1. The summed E-state index contributed by atoms with van der Waals surface area (Å²) < 4.78 is 0. The third-order valence-corrected chi connectivity index (χ3v) is 5.74. The van der Waals surface area contributed by atoms with Gasteiger partial charge >= 0.3 is 6.03 Å². The third-order valence-electron chi connectivity index (χ3n) is 4.27. The highest BCUT2D eigenvalue weighted by Crippen LogP contribution is 2.29. The number of carbonyl (C=O) groups excluding carboxylic acids is 1. The molecule has 2 N–H and O–H groups in total. The molecule has 0 spiro atoms. The van der Waals surface area contributed by atoms with Crippen molar-refractivity contribution in [2.75, 3.05) is 12.4 Å². The van der Waals surface area contributed by atoms with Crippen LogP contribution < -0.4 is 5.32 Å². The maximum absolute atomic E-state index is 12.6. The summed E-state index contributed by atoms with van der Waals surface area (Å²) in [6.07, 6.45) is 2.81. The average molecular weight is 342 g/mol. The molecule has 2 amide bonds. The number of H-pyrrole nitrogens is 1. The number of carbonyl (C=O) groups is 1. The number of anilines is 1. The number of hydrogen-bond acceptors (Lipinski definition) is 3. The highest BCUT2D eigenvalue weighted by atomic mass is 32.1. The minimum absolute atomic E-state index is 0.0166. The Hall–Kier alpha value is -2.34. The molecule has 0 radical (unpaired) electrons. The summed E-state index contributed by atoms with van der Waals surface area (Å²) >= 11 is 1.68. The summed E-state index contributed by atoms with van der Waals surface area (Å²) in [7, 11) is 1.82. The first-order chi connectivity index (χ1) is 11.5. The van der Waals surface area contributed by atoms with Crippen molar-refractivity contribution in [2.45, 2.75) is 33.2 Å². The van der Waals surface area contributed by atoms with Crippen LogP contribution in [0.4, 0.5) is 10.5 Å². The number of fused-ring (bicyclic) bond motifs is 1. The van der Waals surface area contributed by atoms with Crippen LogP contribution in [-0.2, 0) is 6.42 Å². The van der Waals surface area contributed by atoms with E-state index in [0.717, 1.165) is 38.6 Å². The number of nitrogens with zero attached hydrogens (tertiary/aromatic N) is 2. The molecule has 0 aliphatic rings. The summed E-state index contributed by atoms with van der Waals surface area (Å²) in [6, 6.07) is 7.72. The Labute approximate surface area is 145 Å². The lowest BCUT2D eigenvalue weighted by Gasteiger charge is -2.24. The lowest BCUT2D eigenvalue weighted by Crippen LogP contribution is -2.33. The van der Waals surface area contributed by atoms with Gasteiger partial charge in [-0.25, -0.2) is 9.78 Å². The molecule has 24 heavy (non-hydrogen) atoms. The molecule has 1 unspecified atom stereocenters. The number of hydrogen-bond donors (Lipinski definition) is 2.